The van der Waals surface area contributed by atoms with Crippen molar-refractivity contribution in [3.05, 3.63) is 24.3 Å². The van der Waals surface area contributed by atoms with Gasteiger partial charge in [-0.2, -0.15) is 0 Å². The van der Waals surface area contributed by atoms with E-state index < -0.39 is 17.6 Å². The molecule has 0 atom stereocenters. The van der Waals surface area contributed by atoms with E-state index in [2.05, 4.69) is 10.1 Å². The summed E-state index contributed by atoms with van der Waals surface area (Å²) in [5, 5.41) is 21.9. The Labute approximate surface area is 120 Å². The monoisotopic (exact) mass is 293 g/mol. The fraction of sp³-hybridized carbons (Fsp3) is 0.214. The quantitative estimate of drug-likeness (QED) is 0.801. The first-order valence-electron chi connectivity index (χ1n) is 6.20. The number of carbonyl (C=O) groups excluding carboxylic acids is 1. The number of anilines is 1. The van der Waals surface area contributed by atoms with E-state index in [1.54, 1.807) is 31.2 Å². The second kappa shape index (κ2) is 6.08. The number of ether oxygens (including phenoxy) is 2. The highest BCUT2D eigenvalue weighted by atomic mass is 16.6. The minimum atomic E-state index is -0.798. The summed E-state index contributed by atoms with van der Waals surface area (Å²) in [7, 11) is 1.47. The lowest BCUT2D eigenvalue weighted by Gasteiger charge is -2.05. The van der Waals surface area contributed by atoms with Crippen LogP contribution in [0.3, 0.4) is 0 Å². The number of nitrogens with one attached hydrogen (secondary N) is 1. The molecule has 1 aromatic heterocycles. The molecule has 0 radical (unpaired) electrons. The number of carbonyl (C=O) groups is 1. The highest BCUT2D eigenvalue weighted by Crippen LogP contribution is 2.47. The minimum Gasteiger partial charge on any atom is -0.502 e. The van der Waals surface area contributed by atoms with Crippen molar-refractivity contribution in [3.8, 4) is 28.6 Å². The van der Waals surface area contributed by atoms with Gasteiger partial charge in [0.1, 0.15) is 5.75 Å². The molecule has 2 rings (SSSR count). The van der Waals surface area contributed by atoms with Crippen LogP contribution in [0.4, 0.5) is 10.7 Å². The average molecular weight is 293 g/mol. The molecule has 0 saturated carbocycles. The van der Waals surface area contributed by atoms with Crippen molar-refractivity contribution in [2.24, 2.45) is 0 Å². The average Bonchev–Trinajstić information content (AvgIpc) is 2.76. The molecule has 21 heavy (non-hydrogen) atoms. The van der Waals surface area contributed by atoms with E-state index in [0.29, 0.717) is 11.3 Å². The lowest BCUT2D eigenvalue weighted by atomic mass is 10.1. The molecule has 1 amide bonds. The molecule has 0 fully saturated rings. The lowest BCUT2D eigenvalue weighted by Crippen LogP contribution is -2.12. The summed E-state index contributed by atoms with van der Waals surface area (Å²) in [6.07, 6.45) is -0.798. The van der Waals surface area contributed by atoms with Crippen LogP contribution in [0.15, 0.2) is 28.7 Å². The van der Waals surface area contributed by atoms with Gasteiger partial charge >= 0.3 is 6.09 Å². The molecular formula is C14H15NO6. The van der Waals surface area contributed by atoms with Crippen LogP contribution in [-0.4, -0.2) is 30.0 Å². The Morgan fingerprint density at radius 3 is 2.67 bits per heavy atom. The highest BCUT2D eigenvalue weighted by Gasteiger charge is 2.24. The van der Waals surface area contributed by atoms with Gasteiger partial charge in [-0.3, -0.25) is 5.32 Å². The van der Waals surface area contributed by atoms with Crippen LogP contribution in [0, 0.1) is 0 Å². The summed E-state index contributed by atoms with van der Waals surface area (Å²) >= 11 is 0. The van der Waals surface area contributed by atoms with E-state index in [1.807, 2.05) is 0 Å². The van der Waals surface area contributed by atoms with Crippen LogP contribution in [0.25, 0.3) is 11.3 Å². The van der Waals surface area contributed by atoms with Gasteiger partial charge in [-0.25, -0.2) is 4.79 Å². The Morgan fingerprint density at radius 1 is 1.29 bits per heavy atom. The van der Waals surface area contributed by atoms with E-state index >= 15 is 0 Å². The number of furan rings is 1. The van der Waals surface area contributed by atoms with Crippen molar-refractivity contribution < 1.29 is 28.9 Å². The Balaban J connectivity index is 2.40. The smallest absolute Gasteiger partial charge is 0.414 e. The fourth-order valence-corrected chi connectivity index (χ4v) is 1.77. The number of aromatic hydroxyl groups is 2. The number of amides is 1. The van der Waals surface area contributed by atoms with Crippen molar-refractivity contribution in [2.75, 3.05) is 19.0 Å². The first kappa shape index (κ1) is 14.6. The standard InChI is InChI=1S/C14H15NO6/c1-3-20-14(18)15-13-11(17)10(16)12(21-13)8-6-4-5-7-9(8)19-2/h4-7,16-17H,3H2,1-2H3,(H,15,18). The molecule has 0 aliphatic heterocycles. The number of benzene rings is 1. The minimum absolute atomic E-state index is 0.0169. The van der Waals surface area contributed by atoms with Crippen molar-refractivity contribution in [3.63, 3.8) is 0 Å². The van der Waals surface area contributed by atoms with E-state index in [0.717, 1.165) is 0 Å². The van der Waals surface area contributed by atoms with Crippen molar-refractivity contribution in [1.29, 1.82) is 0 Å². The topological polar surface area (TPSA) is 101 Å². The summed E-state index contributed by atoms with van der Waals surface area (Å²) in [4.78, 5) is 11.3. The van der Waals surface area contributed by atoms with Gasteiger partial charge in [0.15, 0.2) is 5.76 Å². The predicted octanol–water partition coefficient (Wildman–Crippen LogP) is 2.93. The van der Waals surface area contributed by atoms with E-state index in [-0.39, 0.29) is 18.3 Å². The zero-order chi connectivity index (χ0) is 15.4. The van der Waals surface area contributed by atoms with Gasteiger partial charge in [0.25, 0.3) is 0 Å². The third kappa shape index (κ3) is 2.86. The third-order valence-electron chi connectivity index (χ3n) is 2.70. The Hall–Kier alpha value is -2.83. The zero-order valence-electron chi connectivity index (χ0n) is 11.5. The molecule has 0 aliphatic carbocycles. The van der Waals surface area contributed by atoms with Gasteiger partial charge in [-0.1, -0.05) is 12.1 Å². The van der Waals surface area contributed by atoms with Crippen LogP contribution >= 0.6 is 0 Å². The molecule has 1 aromatic carbocycles. The molecule has 2 aromatic rings. The van der Waals surface area contributed by atoms with Crippen LogP contribution < -0.4 is 10.1 Å². The van der Waals surface area contributed by atoms with Gasteiger partial charge in [0.2, 0.25) is 17.4 Å². The van der Waals surface area contributed by atoms with E-state index in [9.17, 15) is 15.0 Å². The summed E-state index contributed by atoms with van der Waals surface area (Å²) in [6, 6.07) is 6.78. The van der Waals surface area contributed by atoms with Crippen molar-refractivity contribution in [1.82, 2.24) is 0 Å². The molecule has 3 N–H and O–H groups in total. The molecule has 0 saturated heterocycles. The summed E-state index contributed by atoms with van der Waals surface area (Å²) < 4.78 is 15.1. The van der Waals surface area contributed by atoms with Gasteiger partial charge in [0.05, 0.1) is 19.3 Å². The summed E-state index contributed by atoms with van der Waals surface area (Å²) in [5.74, 6) is -0.942. The predicted molar refractivity (Wildman–Crippen MR) is 74.7 cm³/mol. The Morgan fingerprint density at radius 2 is 2.00 bits per heavy atom. The molecule has 7 heteroatoms. The number of methoxy groups -OCH3 is 1. The second-order valence-corrected chi connectivity index (χ2v) is 4.00. The van der Waals surface area contributed by atoms with Crippen LogP contribution in [0.2, 0.25) is 0 Å². The van der Waals surface area contributed by atoms with E-state index in [1.165, 1.54) is 7.11 Å². The Bertz CT molecular complexity index is 649. The first-order chi connectivity index (χ1) is 10.1. The lowest BCUT2D eigenvalue weighted by molar-refractivity contribution is 0.167. The fourth-order valence-electron chi connectivity index (χ4n) is 1.77. The summed E-state index contributed by atoms with van der Waals surface area (Å²) in [5.41, 5.74) is 0.435. The molecule has 0 bridgehead atoms. The first-order valence-corrected chi connectivity index (χ1v) is 6.20. The maximum Gasteiger partial charge on any atom is 0.414 e. The maximum atomic E-state index is 11.3. The van der Waals surface area contributed by atoms with Gasteiger partial charge in [0, 0.05) is 0 Å². The molecule has 1 heterocycles. The molecule has 7 nitrogen and oxygen atoms in total. The van der Waals surface area contributed by atoms with Crippen LogP contribution in [-0.2, 0) is 4.74 Å². The Kier molecular flexibility index (Phi) is 4.22. The zero-order valence-corrected chi connectivity index (χ0v) is 11.5. The second-order valence-electron chi connectivity index (χ2n) is 4.00. The number of para-hydroxylation sites is 1. The van der Waals surface area contributed by atoms with Crippen molar-refractivity contribution >= 4 is 12.0 Å². The third-order valence-corrected chi connectivity index (χ3v) is 2.70. The van der Waals surface area contributed by atoms with Gasteiger partial charge in [-0.05, 0) is 19.1 Å². The molecule has 112 valence electrons. The number of hydrogen-bond acceptors (Lipinski definition) is 6. The summed E-state index contributed by atoms with van der Waals surface area (Å²) in [6.45, 7) is 1.80. The molecular weight excluding hydrogens is 278 g/mol. The van der Waals surface area contributed by atoms with Gasteiger partial charge in [-0.15, -0.1) is 0 Å². The highest BCUT2D eigenvalue weighted by molar-refractivity contribution is 5.87. The largest absolute Gasteiger partial charge is 0.502 e. The SMILES string of the molecule is CCOC(=O)Nc1oc(-c2ccccc2OC)c(O)c1O. The molecule has 0 aliphatic rings. The van der Waals surface area contributed by atoms with Crippen LogP contribution in [0.1, 0.15) is 6.92 Å². The number of rotatable bonds is 4. The molecule has 0 unspecified atom stereocenters. The van der Waals surface area contributed by atoms with E-state index in [4.69, 9.17) is 9.15 Å². The maximum absolute atomic E-state index is 11.3. The van der Waals surface area contributed by atoms with Gasteiger partial charge < -0.3 is 24.1 Å². The number of hydrogen-bond donors (Lipinski definition) is 3. The van der Waals surface area contributed by atoms with Crippen LogP contribution in [0.5, 0.6) is 17.2 Å². The normalized spacial score (nSPS) is 10.2. The molecule has 0 spiro atoms. The van der Waals surface area contributed by atoms with Crippen molar-refractivity contribution in [2.45, 2.75) is 6.92 Å².